The van der Waals surface area contributed by atoms with Crippen LogP contribution >= 0.6 is 0 Å². The third-order valence-corrected chi connectivity index (χ3v) is 2.78. The van der Waals surface area contributed by atoms with Crippen LogP contribution in [0.4, 0.5) is 0 Å². The maximum atomic E-state index is 11.5. The van der Waals surface area contributed by atoms with Crippen LogP contribution < -0.4 is 0 Å². The lowest BCUT2D eigenvalue weighted by molar-refractivity contribution is 0.0494. The molecule has 0 aliphatic heterocycles. The van der Waals surface area contributed by atoms with Crippen molar-refractivity contribution < 1.29 is 9.53 Å². The summed E-state index contributed by atoms with van der Waals surface area (Å²) in [5.41, 5.74) is 0.631. The molecule has 0 bridgehead atoms. The SMILES string of the molecule is CCC(C)CCCOC(=O)c1ccccc1. The Bertz CT molecular complexity index is 306. The summed E-state index contributed by atoms with van der Waals surface area (Å²) in [4.78, 5) is 11.5. The van der Waals surface area contributed by atoms with E-state index in [0.29, 0.717) is 12.2 Å². The van der Waals surface area contributed by atoms with Crippen molar-refractivity contribution in [3.05, 3.63) is 35.9 Å². The van der Waals surface area contributed by atoms with Gasteiger partial charge >= 0.3 is 5.97 Å². The molecule has 2 heteroatoms. The van der Waals surface area contributed by atoms with E-state index in [0.717, 1.165) is 18.8 Å². The monoisotopic (exact) mass is 220 g/mol. The fourth-order valence-corrected chi connectivity index (χ4v) is 1.46. The van der Waals surface area contributed by atoms with Crippen LogP contribution in [0.25, 0.3) is 0 Å². The lowest BCUT2D eigenvalue weighted by Crippen LogP contribution is -2.07. The van der Waals surface area contributed by atoms with Gasteiger partial charge < -0.3 is 4.74 Å². The molecular weight excluding hydrogens is 200 g/mol. The lowest BCUT2D eigenvalue weighted by atomic mass is 10.0. The number of ether oxygens (including phenoxy) is 1. The summed E-state index contributed by atoms with van der Waals surface area (Å²) in [6.07, 6.45) is 3.26. The number of esters is 1. The molecule has 0 heterocycles. The Morgan fingerprint density at radius 1 is 1.31 bits per heavy atom. The average molecular weight is 220 g/mol. The summed E-state index contributed by atoms with van der Waals surface area (Å²) in [5, 5.41) is 0. The van der Waals surface area contributed by atoms with Crippen LogP contribution in [0, 0.1) is 5.92 Å². The van der Waals surface area contributed by atoms with Crippen molar-refractivity contribution in [2.45, 2.75) is 33.1 Å². The molecule has 1 atom stereocenters. The number of rotatable bonds is 6. The molecule has 0 radical (unpaired) electrons. The van der Waals surface area contributed by atoms with Gasteiger partial charge in [0.05, 0.1) is 12.2 Å². The molecule has 2 nitrogen and oxygen atoms in total. The Labute approximate surface area is 97.6 Å². The molecule has 0 amide bonds. The normalized spacial score (nSPS) is 12.1. The first-order valence-electron chi connectivity index (χ1n) is 5.96. The van der Waals surface area contributed by atoms with Gasteiger partial charge in [-0.3, -0.25) is 0 Å². The van der Waals surface area contributed by atoms with E-state index in [4.69, 9.17) is 4.74 Å². The predicted octanol–water partition coefficient (Wildman–Crippen LogP) is 3.67. The summed E-state index contributed by atoms with van der Waals surface area (Å²) in [5.74, 6) is 0.500. The molecular formula is C14H20O2. The third-order valence-electron chi connectivity index (χ3n) is 2.78. The van der Waals surface area contributed by atoms with Gasteiger partial charge in [0.1, 0.15) is 0 Å². The van der Waals surface area contributed by atoms with E-state index in [1.54, 1.807) is 12.1 Å². The molecule has 1 unspecified atom stereocenters. The molecule has 88 valence electrons. The zero-order valence-electron chi connectivity index (χ0n) is 10.1. The van der Waals surface area contributed by atoms with Crippen molar-refractivity contribution >= 4 is 5.97 Å². The summed E-state index contributed by atoms with van der Waals surface area (Å²) in [7, 11) is 0. The number of hydrogen-bond acceptors (Lipinski definition) is 2. The van der Waals surface area contributed by atoms with Gasteiger partial charge in [0.2, 0.25) is 0 Å². The molecule has 16 heavy (non-hydrogen) atoms. The van der Waals surface area contributed by atoms with Crippen LogP contribution in [0.15, 0.2) is 30.3 Å². The topological polar surface area (TPSA) is 26.3 Å². The highest BCUT2D eigenvalue weighted by molar-refractivity contribution is 5.89. The Morgan fingerprint density at radius 2 is 2.00 bits per heavy atom. The van der Waals surface area contributed by atoms with Crippen molar-refractivity contribution in [1.29, 1.82) is 0 Å². The van der Waals surface area contributed by atoms with E-state index < -0.39 is 0 Å². The van der Waals surface area contributed by atoms with Crippen molar-refractivity contribution in [3.8, 4) is 0 Å². The zero-order chi connectivity index (χ0) is 11.8. The largest absolute Gasteiger partial charge is 0.462 e. The summed E-state index contributed by atoms with van der Waals surface area (Å²) < 4.78 is 5.18. The highest BCUT2D eigenvalue weighted by Gasteiger charge is 2.05. The van der Waals surface area contributed by atoms with Gasteiger partial charge in [0, 0.05) is 0 Å². The van der Waals surface area contributed by atoms with Gasteiger partial charge in [-0.1, -0.05) is 38.5 Å². The number of carbonyl (C=O) groups is 1. The van der Waals surface area contributed by atoms with Crippen molar-refractivity contribution in [2.24, 2.45) is 5.92 Å². The zero-order valence-corrected chi connectivity index (χ0v) is 10.1. The van der Waals surface area contributed by atoms with E-state index in [9.17, 15) is 4.79 Å². The second kappa shape index (κ2) is 7.04. The van der Waals surface area contributed by atoms with Crippen LogP contribution in [0.3, 0.4) is 0 Å². The molecule has 0 spiro atoms. The summed E-state index contributed by atoms with van der Waals surface area (Å²) in [6, 6.07) is 9.12. The molecule has 0 saturated heterocycles. The minimum Gasteiger partial charge on any atom is -0.462 e. The molecule has 1 aromatic rings. The Balaban J connectivity index is 2.21. The number of hydrogen-bond donors (Lipinski definition) is 0. The van der Waals surface area contributed by atoms with Gasteiger partial charge in [-0.2, -0.15) is 0 Å². The van der Waals surface area contributed by atoms with Gasteiger partial charge in [-0.05, 0) is 30.9 Å². The molecule has 0 fully saturated rings. The fraction of sp³-hybridized carbons (Fsp3) is 0.500. The highest BCUT2D eigenvalue weighted by atomic mass is 16.5. The van der Waals surface area contributed by atoms with Crippen LogP contribution in [-0.2, 0) is 4.74 Å². The fourth-order valence-electron chi connectivity index (χ4n) is 1.46. The van der Waals surface area contributed by atoms with Crippen molar-refractivity contribution in [1.82, 2.24) is 0 Å². The molecule has 0 aromatic heterocycles. The van der Waals surface area contributed by atoms with Crippen LogP contribution in [-0.4, -0.2) is 12.6 Å². The van der Waals surface area contributed by atoms with Crippen molar-refractivity contribution in [2.75, 3.05) is 6.61 Å². The van der Waals surface area contributed by atoms with Gasteiger partial charge in [-0.25, -0.2) is 4.79 Å². The second-order valence-corrected chi connectivity index (χ2v) is 4.16. The molecule has 0 N–H and O–H groups in total. The molecule has 0 aliphatic rings. The van der Waals surface area contributed by atoms with Crippen LogP contribution in [0.5, 0.6) is 0 Å². The van der Waals surface area contributed by atoms with E-state index in [-0.39, 0.29) is 5.97 Å². The Hall–Kier alpha value is -1.31. The number of benzene rings is 1. The third kappa shape index (κ3) is 4.47. The van der Waals surface area contributed by atoms with Crippen molar-refractivity contribution in [3.63, 3.8) is 0 Å². The molecule has 1 rings (SSSR count). The average Bonchev–Trinajstić information content (AvgIpc) is 2.35. The first-order chi connectivity index (χ1) is 7.74. The van der Waals surface area contributed by atoms with Gasteiger partial charge in [0.25, 0.3) is 0 Å². The minimum absolute atomic E-state index is 0.218. The second-order valence-electron chi connectivity index (χ2n) is 4.16. The molecule has 0 saturated carbocycles. The molecule has 1 aromatic carbocycles. The Kier molecular flexibility index (Phi) is 5.62. The van der Waals surface area contributed by atoms with Gasteiger partial charge in [0.15, 0.2) is 0 Å². The Morgan fingerprint density at radius 3 is 2.62 bits per heavy atom. The van der Waals surface area contributed by atoms with E-state index in [1.165, 1.54) is 6.42 Å². The predicted molar refractivity (Wildman–Crippen MR) is 65.4 cm³/mol. The maximum Gasteiger partial charge on any atom is 0.338 e. The minimum atomic E-state index is -0.218. The van der Waals surface area contributed by atoms with Crippen LogP contribution in [0.2, 0.25) is 0 Å². The molecule has 0 aliphatic carbocycles. The summed E-state index contributed by atoms with van der Waals surface area (Å²) >= 11 is 0. The standard InChI is InChI=1S/C14H20O2/c1-3-12(2)8-7-11-16-14(15)13-9-5-4-6-10-13/h4-6,9-10,12H,3,7-8,11H2,1-2H3. The number of carbonyl (C=O) groups excluding carboxylic acids is 1. The highest BCUT2D eigenvalue weighted by Crippen LogP contribution is 2.09. The maximum absolute atomic E-state index is 11.5. The first-order valence-corrected chi connectivity index (χ1v) is 5.96. The lowest BCUT2D eigenvalue weighted by Gasteiger charge is -2.08. The first kappa shape index (κ1) is 12.8. The van der Waals surface area contributed by atoms with E-state index >= 15 is 0 Å². The van der Waals surface area contributed by atoms with Gasteiger partial charge in [-0.15, -0.1) is 0 Å². The smallest absolute Gasteiger partial charge is 0.338 e. The van der Waals surface area contributed by atoms with E-state index in [2.05, 4.69) is 13.8 Å². The summed E-state index contributed by atoms with van der Waals surface area (Å²) in [6.45, 7) is 4.93. The van der Waals surface area contributed by atoms with Crippen LogP contribution in [0.1, 0.15) is 43.5 Å². The van der Waals surface area contributed by atoms with E-state index in [1.807, 2.05) is 18.2 Å². The quantitative estimate of drug-likeness (QED) is 0.540.